The van der Waals surface area contributed by atoms with Gasteiger partial charge in [0.1, 0.15) is 0 Å². The Labute approximate surface area is 105 Å². The third kappa shape index (κ3) is 3.96. The predicted octanol–water partition coefficient (Wildman–Crippen LogP) is 2.81. The Morgan fingerprint density at radius 2 is 1.94 bits per heavy atom. The number of rotatable bonds is 2. The van der Waals surface area contributed by atoms with Gasteiger partial charge in [-0.3, -0.25) is 0 Å². The van der Waals surface area contributed by atoms with Crippen LogP contribution in [-0.2, 0) is 9.05 Å². The Kier molecular flexibility index (Phi) is 3.89. The second kappa shape index (κ2) is 4.58. The summed E-state index contributed by atoms with van der Waals surface area (Å²) in [5.41, 5.74) is 0. The maximum absolute atomic E-state index is 13.1. The van der Waals surface area contributed by atoms with Gasteiger partial charge < -0.3 is 4.74 Å². The lowest BCUT2D eigenvalue weighted by Crippen LogP contribution is -2.19. The van der Waals surface area contributed by atoms with Gasteiger partial charge in [-0.05, 0) is 22.0 Å². The van der Waals surface area contributed by atoms with Gasteiger partial charge in [0.15, 0.2) is 10.8 Å². The van der Waals surface area contributed by atoms with Crippen molar-refractivity contribution in [3.05, 3.63) is 16.4 Å². The monoisotopic (exact) mass is 357 g/mol. The molecule has 0 spiro atoms. The number of hydrogen-bond donors (Lipinski definition) is 0. The second-order valence-corrected chi connectivity index (χ2v) is 5.91. The average molecular weight is 358 g/mol. The SMILES string of the molecule is O=S(=O)(Cl)c1cc(Br)c(F)c(OC(F)(F)F)n1. The number of ether oxygens (including phenoxy) is 1. The van der Waals surface area contributed by atoms with E-state index in [1.54, 1.807) is 0 Å². The van der Waals surface area contributed by atoms with Gasteiger partial charge in [0.05, 0.1) is 4.47 Å². The molecule has 0 aliphatic carbocycles. The molecule has 0 saturated heterocycles. The number of halogens is 6. The van der Waals surface area contributed by atoms with E-state index < -0.39 is 36.6 Å². The molecule has 0 radical (unpaired) electrons. The van der Waals surface area contributed by atoms with Crippen molar-refractivity contribution in [3.63, 3.8) is 0 Å². The van der Waals surface area contributed by atoms with E-state index in [9.17, 15) is 26.0 Å². The van der Waals surface area contributed by atoms with Crippen molar-refractivity contribution in [2.75, 3.05) is 0 Å². The molecule has 0 fully saturated rings. The third-order valence-corrected chi connectivity index (χ3v) is 3.08. The van der Waals surface area contributed by atoms with E-state index in [0.717, 1.165) is 0 Å². The Hall–Kier alpha value is -0.610. The fourth-order valence-electron chi connectivity index (χ4n) is 0.758. The zero-order valence-electron chi connectivity index (χ0n) is 7.43. The van der Waals surface area contributed by atoms with E-state index in [4.69, 9.17) is 10.7 Å². The van der Waals surface area contributed by atoms with E-state index in [0.29, 0.717) is 6.07 Å². The molecule has 0 amide bonds. The van der Waals surface area contributed by atoms with E-state index in [-0.39, 0.29) is 0 Å². The zero-order chi connectivity index (χ0) is 13.4. The molecule has 1 rings (SSSR count). The summed E-state index contributed by atoms with van der Waals surface area (Å²) in [5.74, 6) is -3.03. The van der Waals surface area contributed by atoms with Gasteiger partial charge in [-0.2, -0.15) is 9.37 Å². The largest absolute Gasteiger partial charge is 0.574 e. The Balaban J connectivity index is 3.36. The maximum Gasteiger partial charge on any atom is 0.574 e. The summed E-state index contributed by atoms with van der Waals surface area (Å²) in [7, 11) is 0.453. The van der Waals surface area contributed by atoms with Crippen molar-refractivity contribution in [1.29, 1.82) is 0 Å². The highest BCUT2D eigenvalue weighted by molar-refractivity contribution is 9.10. The highest BCUT2D eigenvalue weighted by Crippen LogP contribution is 2.30. The second-order valence-electron chi connectivity index (χ2n) is 2.55. The predicted molar refractivity (Wildman–Crippen MR) is 51.6 cm³/mol. The highest BCUT2D eigenvalue weighted by atomic mass is 79.9. The summed E-state index contributed by atoms with van der Waals surface area (Å²) >= 11 is 2.51. The molecule has 0 atom stereocenters. The summed E-state index contributed by atoms with van der Waals surface area (Å²) in [5, 5.41) is -0.966. The standard InChI is InChI=1S/C6HBrClF4NO3S/c7-2-1-3(17(8,14)15)13-5(4(2)9)16-6(10,11)12/h1H. The average Bonchev–Trinajstić information content (AvgIpc) is 2.08. The maximum atomic E-state index is 13.1. The van der Waals surface area contributed by atoms with Gasteiger partial charge in [-0.25, -0.2) is 8.42 Å². The lowest BCUT2D eigenvalue weighted by molar-refractivity contribution is -0.277. The van der Waals surface area contributed by atoms with Crippen molar-refractivity contribution in [2.45, 2.75) is 11.4 Å². The molecule has 0 aliphatic rings. The highest BCUT2D eigenvalue weighted by Gasteiger charge is 2.34. The van der Waals surface area contributed by atoms with Crippen LogP contribution >= 0.6 is 26.6 Å². The first-order valence-corrected chi connectivity index (χ1v) is 6.67. The van der Waals surface area contributed by atoms with Crippen LogP contribution in [0, 0.1) is 5.82 Å². The van der Waals surface area contributed by atoms with E-state index in [2.05, 4.69) is 25.7 Å². The summed E-state index contributed by atoms with van der Waals surface area (Å²) in [6, 6.07) is 0.612. The first-order valence-electron chi connectivity index (χ1n) is 3.57. The van der Waals surface area contributed by atoms with Crippen LogP contribution in [0.25, 0.3) is 0 Å². The van der Waals surface area contributed by atoms with E-state index in [1.807, 2.05) is 0 Å². The normalized spacial score (nSPS) is 12.6. The lowest BCUT2D eigenvalue weighted by Gasteiger charge is -2.10. The summed E-state index contributed by atoms with van der Waals surface area (Å²) < 4.78 is 73.0. The molecule has 0 saturated carbocycles. The molecule has 0 bridgehead atoms. The summed E-state index contributed by atoms with van der Waals surface area (Å²) in [6.07, 6.45) is -5.21. The van der Waals surface area contributed by atoms with Gasteiger partial charge in [0.25, 0.3) is 14.9 Å². The molecule has 11 heteroatoms. The van der Waals surface area contributed by atoms with E-state index >= 15 is 0 Å². The minimum Gasteiger partial charge on any atom is -0.385 e. The minimum absolute atomic E-state index is 0.578. The molecule has 1 aromatic heterocycles. The lowest BCUT2D eigenvalue weighted by atomic mass is 10.5. The fourth-order valence-corrected chi connectivity index (χ4v) is 1.98. The van der Waals surface area contributed by atoms with Crippen LogP contribution in [0.4, 0.5) is 17.6 Å². The van der Waals surface area contributed by atoms with Crippen molar-refractivity contribution in [2.24, 2.45) is 0 Å². The summed E-state index contributed by atoms with van der Waals surface area (Å²) in [6.45, 7) is 0. The van der Waals surface area contributed by atoms with Gasteiger partial charge >= 0.3 is 6.36 Å². The Morgan fingerprint density at radius 3 is 2.35 bits per heavy atom. The number of alkyl halides is 3. The molecule has 4 nitrogen and oxygen atoms in total. The fraction of sp³-hybridized carbons (Fsp3) is 0.167. The molecule has 1 aromatic rings. The molecular formula is C6HBrClF4NO3S. The van der Waals surface area contributed by atoms with Crippen LogP contribution in [0.1, 0.15) is 0 Å². The van der Waals surface area contributed by atoms with Crippen LogP contribution in [-0.4, -0.2) is 19.8 Å². The van der Waals surface area contributed by atoms with Crippen LogP contribution in [0.2, 0.25) is 0 Å². The van der Waals surface area contributed by atoms with Crippen molar-refractivity contribution in [3.8, 4) is 5.88 Å². The van der Waals surface area contributed by atoms with Crippen LogP contribution in [0.3, 0.4) is 0 Å². The molecule has 0 unspecified atom stereocenters. The van der Waals surface area contributed by atoms with Crippen molar-refractivity contribution >= 4 is 35.7 Å². The third-order valence-electron chi connectivity index (χ3n) is 1.32. The Morgan fingerprint density at radius 1 is 1.41 bits per heavy atom. The van der Waals surface area contributed by atoms with Crippen LogP contribution in [0.15, 0.2) is 15.6 Å². The molecule has 96 valence electrons. The van der Waals surface area contributed by atoms with Crippen molar-refractivity contribution in [1.82, 2.24) is 4.98 Å². The van der Waals surface area contributed by atoms with Gasteiger partial charge in [-0.1, -0.05) is 0 Å². The zero-order valence-corrected chi connectivity index (χ0v) is 10.6. The smallest absolute Gasteiger partial charge is 0.385 e. The molecule has 0 N–H and O–H groups in total. The molecule has 0 aromatic carbocycles. The first-order chi connectivity index (χ1) is 7.50. The molecular weight excluding hydrogens is 357 g/mol. The molecule has 1 heterocycles. The van der Waals surface area contributed by atoms with Crippen LogP contribution < -0.4 is 4.74 Å². The van der Waals surface area contributed by atoms with Gasteiger partial charge in [0, 0.05) is 10.7 Å². The topological polar surface area (TPSA) is 56.3 Å². The Bertz CT molecular complexity index is 547. The minimum atomic E-state index is -5.21. The van der Waals surface area contributed by atoms with Crippen LogP contribution in [0.5, 0.6) is 5.88 Å². The van der Waals surface area contributed by atoms with Crippen molar-refractivity contribution < 1.29 is 30.7 Å². The first kappa shape index (κ1) is 14.5. The quantitative estimate of drug-likeness (QED) is 0.603. The van der Waals surface area contributed by atoms with E-state index in [1.165, 1.54) is 0 Å². The molecule has 0 aliphatic heterocycles. The number of hydrogen-bond acceptors (Lipinski definition) is 4. The summed E-state index contributed by atoms with van der Waals surface area (Å²) in [4.78, 5) is 2.82. The van der Waals surface area contributed by atoms with Gasteiger partial charge in [0.2, 0.25) is 0 Å². The number of nitrogens with zero attached hydrogens (tertiary/aromatic N) is 1. The van der Waals surface area contributed by atoms with Gasteiger partial charge in [-0.15, -0.1) is 13.2 Å². The molecule has 17 heavy (non-hydrogen) atoms. The number of aromatic nitrogens is 1. The number of pyridine rings is 1.